The van der Waals surface area contributed by atoms with Crippen LogP contribution in [0, 0.1) is 0 Å². The molecule has 5 heteroatoms. The highest BCUT2D eigenvalue weighted by atomic mass is 16.5. The Morgan fingerprint density at radius 1 is 1.67 bits per heavy atom. The van der Waals surface area contributed by atoms with Crippen molar-refractivity contribution in [2.24, 2.45) is 0 Å². The van der Waals surface area contributed by atoms with Crippen molar-refractivity contribution in [2.45, 2.75) is 32.9 Å². The summed E-state index contributed by atoms with van der Waals surface area (Å²) in [6.07, 6.45) is 1.97. The van der Waals surface area contributed by atoms with Crippen LogP contribution in [0.15, 0.2) is 16.9 Å². The van der Waals surface area contributed by atoms with Crippen LogP contribution in [0.4, 0.5) is 0 Å². The highest BCUT2D eigenvalue weighted by molar-refractivity contribution is 5.76. The SMILES string of the molecule is CCNC(C)CC(=O)NCc1ccon1. The van der Waals surface area contributed by atoms with E-state index in [4.69, 9.17) is 0 Å². The largest absolute Gasteiger partial charge is 0.364 e. The van der Waals surface area contributed by atoms with E-state index in [0.29, 0.717) is 13.0 Å². The van der Waals surface area contributed by atoms with Crippen LogP contribution in [0.1, 0.15) is 26.0 Å². The number of amides is 1. The van der Waals surface area contributed by atoms with E-state index < -0.39 is 0 Å². The van der Waals surface area contributed by atoms with Crippen LogP contribution in [0.5, 0.6) is 0 Å². The molecule has 1 aromatic heterocycles. The molecule has 0 aromatic carbocycles. The summed E-state index contributed by atoms with van der Waals surface area (Å²) in [5, 5.41) is 9.65. The first kappa shape index (κ1) is 11.7. The molecule has 0 aliphatic heterocycles. The molecule has 0 saturated heterocycles. The number of hydrogen-bond acceptors (Lipinski definition) is 4. The fraction of sp³-hybridized carbons (Fsp3) is 0.600. The predicted octanol–water partition coefficient (Wildman–Crippen LogP) is 0.679. The molecular weight excluding hydrogens is 194 g/mol. The Morgan fingerprint density at radius 2 is 2.47 bits per heavy atom. The molecule has 1 atom stereocenters. The lowest BCUT2D eigenvalue weighted by Gasteiger charge is -2.11. The zero-order valence-corrected chi connectivity index (χ0v) is 9.12. The third-order valence-electron chi connectivity index (χ3n) is 2.00. The summed E-state index contributed by atoms with van der Waals surface area (Å²) in [5.41, 5.74) is 0.736. The number of nitrogens with one attached hydrogen (secondary N) is 2. The third-order valence-corrected chi connectivity index (χ3v) is 2.00. The quantitative estimate of drug-likeness (QED) is 0.726. The number of nitrogens with zero attached hydrogens (tertiary/aromatic N) is 1. The van der Waals surface area contributed by atoms with Gasteiger partial charge in [-0.1, -0.05) is 12.1 Å². The van der Waals surface area contributed by atoms with Gasteiger partial charge < -0.3 is 15.2 Å². The normalized spacial score (nSPS) is 12.4. The predicted molar refractivity (Wildman–Crippen MR) is 56.1 cm³/mol. The molecule has 0 bridgehead atoms. The van der Waals surface area contributed by atoms with Gasteiger partial charge in [-0.25, -0.2) is 0 Å². The highest BCUT2D eigenvalue weighted by Gasteiger charge is 2.07. The van der Waals surface area contributed by atoms with Crippen LogP contribution >= 0.6 is 0 Å². The van der Waals surface area contributed by atoms with Gasteiger partial charge >= 0.3 is 0 Å². The summed E-state index contributed by atoms with van der Waals surface area (Å²) in [4.78, 5) is 11.4. The Balaban J connectivity index is 2.19. The monoisotopic (exact) mass is 211 g/mol. The van der Waals surface area contributed by atoms with Crippen molar-refractivity contribution in [3.05, 3.63) is 18.0 Å². The minimum Gasteiger partial charge on any atom is -0.364 e. The number of hydrogen-bond donors (Lipinski definition) is 2. The van der Waals surface area contributed by atoms with Crippen LogP contribution in [0.2, 0.25) is 0 Å². The second kappa shape index (κ2) is 6.19. The second-order valence-corrected chi connectivity index (χ2v) is 3.43. The van der Waals surface area contributed by atoms with E-state index in [0.717, 1.165) is 12.2 Å². The Morgan fingerprint density at radius 3 is 3.07 bits per heavy atom. The Bertz CT molecular complexity index is 285. The van der Waals surface area contributed by atoms with Gasteiger partial charge in [0, 0.05) is 18.5 Å². The summed E-state index contributed by atoms with van der Waals surface area (Å²) in [7, 11) is 0. The molecule has 1 aromatic rings. The van der Waals surface area contributed by atoms with Gasteiger partial charge in [-0.15, -0.1) is 0 Å². The fourth-order valence-corrected chi connectivity index (χ4v) is 1.29. The number of aromatic nitrogens is 1. The van der Waals surface area contributed by atoms with E-state index in [9.17, 15) is 4.79 Å². The summed E-state index contributed by atoms with van der Waals surface area (Å²) < 4.78 is 4.65. The van der Waals surface area contributed by atoms with Crippen molar-refractivity contribution in [3.63, 3.8) is 0 Å². The van der Waals surface area contributed by atoms with Crippen molar-refractivity contribution in [2.75, 3.05) is 6.54 Å². The van der Waals surface area contributed by atoms with Gasteiger partial charge in [0.1, 0.15) is 12.0 Å². The van der Waals surface area contributed by atoms with Gasteiger partial charge in [0.2, 0.25) is 5.91 Å². The average Bonchev–Trinajstić information content (AvgIpc) is 2.67. The maximum absolute atomic E-state index is 11.4. The van der Waals surface area contributed by atoms with Crippen LogP contribution < -0.4 is 10.6 Å². The van der Waals surface area contributed by atoms with E-state index in [-0.39, 0.29) is 11.9 Å². The van der Waals surface area contributed by atoms with E-state index in [2.05, 4.69) is 20.3 Å². The van der Waals surface area contributed by atoms with E-state index >= 15 is 0 Å². The zero-order chi connectivity index (χ0) is 11.1. The molecule has 1 unspecified atom stereocenters. The molecular formula is C10H17N3O2. The van der Waals surface area contributed by atoms with Crippen LogP contribution in [-0.4, -0.2) is 23.7 Å². The van der Waals surface area contributed by atoms with Crippen LogP contribution in [0.3, 0.4) is 0 Å². The lowest BCUT2D eigenvalue weighted by Crippen LogP contribution is -2.33. The smallest absolute Gasteiger partial charge is 0.221 e. The fourth-order valence-electron chi connectivity index (χ4n) is 1.29. The first-order chi connectivity index (χ1) is 7.22. The lowest BCUT2D eigenvalue weighted by atomic mass is 10.2. The van der Waals surface area contributed by atoms with Crippen molar-refractivity contribution in [1.29, 1.82) is 0 Å². The second-order valence-electron chi connectivity index (χ2n) is 3.43. The molecule has 0 aliphatic rings. The average molecular weight is 211 g/mol. The van der Waals surface area contributed by atoms with E-state index in [1.54, 1.807) is 6.07 Å². The molecule has 1 amide bonds. The Hall–Kier alpha value is -1.36. The topological polar surface area (TPSA) is 67.2 Å². The molecule has 0 fully saturated rings. The van der Waals surface area contributed by atoms with Crippen molar-refractivity contribution in [1.82, 2.24) is 15.8 Å². The summed E-state index contributed by atoms with van der Waals surface area (Å²) in [5.74, 6) is 0.0199. The van der Waals surface area contributed by atoms with Gasteiger partial charge in [0.25, 0.3) is 0 Å². The minimum atomic E-state index is 0.0199. The van der Waals surface area contributed by atoms with Gasteiger partial charge in [-0.2, -0.15) is 0 Å². The molecule has 1 heterocycles. The lowest BCUT2D eigenvalue weighted by molar-refractivity contribution is -0.121. The molecule has 0 saturated carbocycles. The molecule has 5 nitrogen and oxygen atoms in total. The summed E-state index contributed by atoms with van der Waals surface area (Å²) >= 11 is 0. The van der Waals surface area contributed by atoms with Gasteiger partial charge in [0.15, 0.2) is 0 Å². The first-order valence-corrected chi connectivity index (χ1v) is 5.11. The maximum Gasteiger partial charge on any atom is 0.221 e. The zero-order valence-electron chi connectivity index (χ0n) is 9.12. The number of carbonyl (C=O) groups excluding carboxylic acids is 1. The summed E-state index contributed by atoms with van der Waals surface area (Å²) in [6, 6.07) is 1.93. The standard InChI is InChI=1S/C10H17N3O2/c1-3-11-8(2)6-10(14)12-7-9-4-5-15-13-9/h4-5,8,11H,3,6-7H2,1-2H3,(H,12,14). The van der Waals surface area contributed by atoms with Crippen molar-refractivity contribution in [3.8, 4) is 0 Å². The first-order valence-electron chi connectivity index (χ1n) is 5.11. The molecule has 1 rings (SSSR count). The molecule has 2 N–H and O–H groups in total. The van der Waals surface area contributed by atoms with Gasteiger partial charge in [-0.05, 0) is 13.5 Å². The number of rotatable bonds is 6. The Labute approximate surface area is 89.2 Å². The molecule has 0 radical (unpaired) electrons. The summed E-state index contributed by atoms with van der Waals surface area (Å²) in [6.45, 7) is 5.30. The molecule has 84 valence electrons. The third kappa shape index (κ3) is 4.60. The highest BCUT2D eigenvalue weighted by Crippen LogP contribution is 1.95. The van der Waals surface area contributed by atoms with E-state index in [1.165, 1.54) is 6.26 Å². The van der Waals surface area contributed by atoms with Gasteiger partial charge in [-0.3, -0.25) is 4.79 Å². The van der Waals surface area contributed by atoms with Crippen LogP contribution in [0.25, 0.3) is 0 Å². The van der Waals surface area contributed by atoms with Gasteiger partial charge in [0.05, 0.1) is 6.54 Å². The van der Waals surface area contributed by atoms with Crippen LogP contribution in [-0.2, 0) is 11.3 Å². The molecule has 0 aliphatic carbocycles. The number of carbonyl (C=O) groups is 1. The Kier molecular flexibility index (Phi) is 4.83. The van der Waals surface area contributed by atoms with Crippen molar-refractivity contribution < 1.29 is 9.32 Å². The molecule has 0 spiro atoms. The maximum atomic E-state index is 11.4. The van der Waals surface area contributed by atoms with E-state index in [1.807, 2.05) is 13.8 Å². The minimum absolute atomic E-state index is 0.0199. The van der Waals surface area contributed by atoms with Crippen molar-refractivity contribution >= 4 is 5.91 Å². The molecule has 15 heavy (non-hydrogen) atoms.